The molecule has 0 aromatic heterocycles. The van der Waals surface area contributed by atoms with E-state index in [-0.39, 0.29) is 11.7 Å². The molecule has 0 nitrogen and oxygen atoms in total. The fourth-order valence-corrected chi connectivity index (χ4v) is 2.52. The van der Waals surface area contributed by atoms with E-state index in [9.17, 15) is 4.39 Å². The van der Waals surface area contributed by atoms with Crippen LogP contribution in [0.4, 0.5) is 4.39 Å². The molecule has 0 aliphatic rings. The third-order valence-corrected chi connectivity index (χ3v) is 3.87. The molecule has 2 aromatic rings. The zero-order chi connectivity index (χ0) is 13.8. The van der Waals surface area contributed by atoms with E-state index < -0.39 is 0 Å². The van der Waals surface area contributed by atoms with Crippen LogP contribution in [0.2, 0.25) is 10.0 Å². The van der Waals surface area contributed by atoms with Crippen LogP contribution in [-0.2, 0) is 6.42 Å². The van der Waals surface area contributed by atoms with Crippen LogP contribution in [0, 0.1) is 5.82 Å². The van der Waals surface area contributed by atoms with Crippen molar-refractivity contribution in [1.29, 1.82) is 0 Å². The van der Waals surface area contributed by atoms with Gasteiger partial charge in [0.05, 0.1) is 0 Å². The first-order valence-corrected chi connectivity index (χ1v) is 7.14. The highest BCUT2D eigenvalue weighted by molar-refractivity contribution is 6.30. The van der Waals surface area contributed by atoms with E-state index in [1.807, 2.05) is 24.3 Å². The molecule has 0 heterocycles. The van der Waals surface area contributed by atoms with E-state index in [0.29, 0.717) is 27.9 Å². The monoisotopic (exact) mass is 316 g/mol. The lowest BCUT2D eigenvalue weighted by Gasteiger charge is -2.15. The van der Waals surface area contributed by atoms with E-state index in [0.717, 1.165) is 5.56 Å². The summed E-state index contributed by atoms with van der Waals surface area (Å²) in [5, 5.41) is 1.07. The molecule has 0 bridgehead atoms. The van der Waals surface area contributed by atoms with Crippen molar-refractivity contribution in [3.63, 3.8) is 0 Å². The van der Waals surface area contributed by atoms with Crippen LogP contribution < -0.4 is 0 Å². The summed E-state index contributed by atoms with van der Waals surface area (Å²) >= 11 is 17.6. The van der Waals surface area contributed by atoms with Gasteiger partial charge in [0.2, 0.25) is 0 Å². The molecular formula is C15H12Cl3F. The Hall–Kier alpha value is -0.760. The molecule has 2 rings (SSSR count). The lowest BCUT2D eigenvalue weighted by Crippen LogP contribution is -2.06. The molecule has 2 aromatic carbocycles. The van der Waals surface area contributed by atoms with E-state index in [4.69, 9.17) is 34.8 Å². The summed E-state index contributed by atoms with van der Waals surface area (Å²) in [7, 11) is 0. The van der Waals surface area contributed by atoms with Crippen LogP contribution in [0.25, 0.3) is 0 Å². The van der Waals surface area contributed by atoms with Gasteiger partial charge >= 0.3 is 0 Å². The van der Waals surface area contributed by atoms with Crippen LogP contribution in [0.1, 0.15) is 17.0 Å². The minimum Gasteiger partial charge on any atom is -0.207 e. The van der Waals surface area contributed by atoms with Crippen LogP contribution in [0.15, 0.2) is 42.5 Å². The van der Waals surface area contributed by atoms with Gasteiger partial charge in [-0.1, -0.05) is 41.4 Å². The molecule has 0 fully saturated rings. The minimum atomic E-state index is -0.295. The Morgan fingerprint density at radius 3 is 2.16 bits per heavy atom. The number of hydrogen-bond donors (Lipinski definition) is 0. The standard InChI is InChI=1S/C15H12Cl3F/c16-9-12(10-1-4-13(17)5-2-10)7-11-3-6-14(18)8-15(11)19/h1-6,8,12H,7,9H2. The van der Waals surface area contributed by atoms with Crippen molar-refractivity contribution in [3.05, 3.63) is 69.5 Å². The highest BCUT2D eigenvalue weighted by Gasteiger charge is 2.14. The number of halogens is 4. The molecule has 4 heteroatoms. The summed E-state index contributed by atoms with van der Waals surface area (Å²) < 4.78 is 13.8. The Labute approximate surface area is 127 Å². The predicted octanol–water partition coefficient (Wildman–Crippen LogP) is 5.70. The fourth-order valence-electron chi connectivity index (χ4n) is 1.95. The molecule has 1 atom stereocenters. The molecule has 0 spiro atoms. The number of hydrogen-bond acceptors (Lipinski definition) is 0. The molecule has 0 radical (unpaired) electrons. The van der Waals surface area contributed by atoms with Gasteiger partial charge in [-0.05, 0) is 41.8 Å². The van der Waals surface area contributed by atoms with Crippen LogP contribution in [0.5, 0.6) is 0 Å². The maximum Gasteiger partial charge on any atom is 0.127 e. The van der Waals surface area contributed by atoms with Crippen molar-refractivity contribution in [3.8, 4) is 0 Å². The maximum atomic E-state index is 13.8. The first kappa shape index (κ1) is 14.6. The zero-order valence-corrected chi connectivity index (χ0v) is 12.3. The van der Waals surface area contributed by atoms with Crippen molar-refractivity contribution in [2.24, 2.45) is 0 Å². The molecule has 1 unspecified atom stereocenters. The normalized spacial score (nSPS) is 12.4. The van der Waals surface area contributed by atoms with Crippen molar-refractivity contribution in [1.82, 2.24) is 0 Å². The van der Waals surface area contributed by atoms with E-state index >= 15 is 0 Å². The van der Waals surface area contributed by atoms with Gasteiger partial charge in [0.15, 0.2) is 0 Å². The number of benzene rings is 2. The van der Waals surface area contributed by atoms with Crippen LogP contribution in [-0.4, -0.2) is 5.88 Å². The SMILES string of the molecule is Fc1cc(Cl)ccc1CC(CCl)c1ccc(Cl)cc1. The van der Waals surface area contributed by atoms with Gasteiger partial charge in [-0.15, -0.1) is 11.6 Å². The molecule has 0 saturated heterocycles. The Bertz CT molecular complexity index is 552. The highest BCUT2D eigenvalue weighted by atomic mass is 35.5. The molecule has 0 N–H and O–H groups in total. The zero-order valence-electron chi connectivity index (χ0n) is 10.0. The summed E-state index contributed by atoms with van der Waals surface area (Å²) in [5.74, 6) is 0.176. The smallest absolute Gasteiger partial charge is 0.127 e. The first-order valence-electron chi connectivity index (χ1n) is 5.85. The van der Waals surface area contributed by atoms with E-state index in [2.05, 4.69) is 0 Å². The van der Waals surface area contributed by atoms with Gasteiger partial charge in [0, 0.05) is 21.8 Å². The average molecular weight is 318 g/mol. The van der Waals surface area contributed by atoms with E-state index in [1.54, 1.807) is 12.1 Å². The van der Waals surface area contributed by atoms with Crippen molar-refractivity contribution in [2.75, 3.05) is 5.88 Å². The van der Waals surface area contributed by atoms with Crippen molar-refractivity contribution in [2.45, 2.75) is 12.3 Å². The fraction of sp³-hybridized carbons (Fsp3) is 0.200. The van der Waals surface area contributed by atoms with Crippen LogP contribution >= 0.6 is 34.8 Å². The van der Waals surface area contributed by atoms with Gasteiger partial charge in [0.1, 0.15) is 5.82 Å². The molecule has 0 aliphatic heterocycles. The topological polar surface area (TPSA) is 0 Å². The van der Waals surface area contributed by atoms with Crippen molar-refractivity contribution < 1.29 is 4.39 Å². The Morgan fingerprint density at radius 1 is 0.947 bits per heavy atom. The predicted molar refractivity (Wildman–Crippen MR) is 80.0 cm³/mol. The average Bonchev–Trinajstić information content (AvgIpc) is 2.39. The Kier molecular flexibility index (Phi) is 5.09. The van der Waals surface area contributed by atoms with Gasteiger partial charge in [-0.2, -0.15) is 0 Å². The molecule has 0 saturated carbocycles. The van der Waals surface area contributed by atoms with Crippen molar-refractivity contribution >= 4 is 34.8 Å². The quantitative estimate of drug-likeness (QED) is 0.635. The van der Waals surface area contributed by atoms with Gasteiger partial charge in [-0.25, -0.2) is 4.39 Å². The molecule has 0 amide bonds. The third-order valence-electron chi connectivity index (χ3n) is 3.01. The largest absolute Gasteiger partial charge is 0.207 e. The molecule has 100 valence electrons. The molecule has 19 heavy (non-hydrogen) atoms. The maximum absolute atomic E-state index is 13.8. The van der Waals surface area contributed by atoms with Gasteiger partial charge in [-0.3, -0.25) is 0 Å². The highest BCUT2D eigenvalue weighted by Crippen LogP contribution is 2.26. The summed E-state index contributed by atoms with van der Waals surface area (Å²) in [6.45, 7) is 0. The third kappa shape index (κ3) is 3.85. The first-order chi connectivity index (χ1) is 9.10. The number of rotatable bonds is 4. The minimum absolute atomic E-state index is 0.0506. The number of alkyl halides is 1. The lowest BCUT2D eigenvalue weighted by atomic mass is 9.93. The summed E-state index contributed by atoms with van der Waals surface area (Å²) in [6.07, 6.45) is 0.536. The molecular weight excluding hydrogens is 306 g/mol. The second kappa shape index (κ2) is 6.60. The van der Waals surface area contributed by atoms with Gasteiger partial charge in [0.25, 0.3) is 0 Å². The Balaban J connectivity index is 2.21. The second-order valence-corrected chi connectivity index (χ2v) is 5.52. The summed E-state index contributed by atoms with van der Waals surface area (Å²) in [6, 6.07) is 12.2. The second-order valence-electron chi connectivity index (χ2n) is 4.34. The summed E-state index contributed by atoms with van der Waals surface area (Å²) in [5.41, 5.74) is 1.67. The van der Waals surface area contributed by atoms with Gasteiger partial charge < -0.3 is 0 Å². The Morgan fingerprint density at radius 2 is 1.58 bits per heavy atom. The molecule has 0 aliphatic carbocycles. The lowest BCUT2D eigenvalue weighted by molar-refractivity contribution is 0.598. The van der Waals surface area contributed by atoms with Crippen LogP contribution in [0.3, 0.4) is 0 Å². The summed E-state index contributed by atoms with van der Waals surface area (Å²) in [4.78, 5) is 0. The van der Waals surface area contributed by atoms with E-state index in [1.165, 1.54) is 6.07 Å².